The molecule has 2 N–H and O–H groups in total. The lowest BCUT2D eigenvalue weighted by Gasteiger charge is -2.29. The predicted octanol–water partition coefficient (Wildman–Crippen LogP) is 2.12. The van der Waals surface area contributed by atoms with Crippen LogP contribution < -0.4 is 5.73 Å². The van der Waals surface area contributed by atoms with E-state index in [9.17, 15) is 4.79 Å². The van der Waals surface area contributed by atoms with E-state index in [0.717, 1.165) is 19.3 Å². The minimum atomic E-state index is 0.195. The molecule has 0 amide bonds. The number of Topliss-reactive ketones (excluding diaryl/α,β-unsaturated/α-hetero) is 1. The van der Waals surface area contributed by atoms with Crippen LogP contribution in [0.25, 0.3) is 0 Å². The molecule has 2 nitrogen and oxygen atoms in total. The molecule has 0 aliphatic heterocycles. The van der Waals surface area contributed by atoms with Crippen LogP contribution in [0.5, 0.6) is 0 Å². The van der Waals surface area contributed by atoms with Crippen molar-refractivity contribution in [3.05, 3.63) is 0 Å². The van der Waals surface area contributed by atoms with Gasteiger partial charge in [-0.15, -0.1) is 0 Å². The number of carbonyl (C=O) groups excluding carboxylic acids is 1. The summed E-state index contributed by atoms with van der Waals surface area (Å²) in [6, 6.07) is 0. The molecule has 12 heavy (non-hydrogen) atoms. The molecular formula is C10H21NO. The van der Waals surface area contributed by atoms with E-state index in [2.05, 4.69) is 20.8 Å². The molecule has 0 saturated carbocycles. The lowest BCUT2D eigenvalue weighted by Crippen LogP contribution is -2.26. The standard InChI is InChI=1S/C10H21NO/c1-4-10(5-2,6-3)7-9(12)8-11/h4-8,11H2,1-3H3. The molecule has 0 saturated heterocycles. The molecule has 0 radical (unpaired) electrons. The van der Waals surface area contributed by atoms with Crippen LogP contribution in [0.4, 0.5) is 0 Å². The van der Waals surface area contributed by atoms with Crippen molar-refractivity contribution >= 4 is 5.78 Å². The van der Waals surface area contributed by atoms with Gasteiger partial charge in [0.25, 0.3) is 0 Å². The van der Waals surface area contributed by atoms with Gasteiger partial charge in [0, 0.05) is 6.42 Å². The van der Waals surface area contributed by atoms with Gasteiger partial charge >= 0.3 is 0 Å². The van der Waals surface area contributed by atoms with Crippen LogP contribution in [0.15, 0.2) is 0 Å². The van der Waals surface area contributed by atoms with Crippen LogP contribution in [-0.4, -0.2) is 12.3 Å². The van der Waals surface area contributed by atoms with Crippen LogP contribution in [0.2, 0.25) is 0 Å². The lowest BCUT2D eigenvalue weighted by molar-refractivity contribution is -0.120. The maximum absolute atomic E-state index is 11.2. The summed E-state index contributed by atoms with van der Waals surface area (Å²) in [6.07, 6.45) is 3.89. The normalized spacial score (nSPS) is 11.7. The fourth-order valence-corrected chi connectivity index (χ4v) is 1.62. The third-order valence-corrected chi connectivity index (χ3v) is 3.05. The van der Waals surface area contributed by atoms with Crippen molar-refractivity contribution in [3.63, 3.8) is 0 Å². The van der Waals surface area contributed by atoms with E-state index in [1.54, 1.807) is 0 Å². The molecule has 0 unspecified atom stereocenters. The van der Waals surface area contributed by atoms with Crippen molar-refractivity contribution in [2.24, 2.45) is 11.1 Å². The maximum atomic E-state index is 11.2. The second-order valence-electron chi connectivity index (χ2n) is 3.48. The van der Waals surface area contributed by atoms with Gasteiger partial charge in [0.15, 0.2) is 0 Å². The molecule has 0 fully saturated rings. The second kappa shape index (κ2) is 5.31. The van der Waals surface area contributed by atoms with Gasteiger partial charge < -0.3 is 5.73 Å². The van der Waals surface area contributed by atoms with E-state index in [-0.39, 0.29) is 17.7 Å². The number of carbonyl (C=O) groups is 1. The molecule has 0 spiro atoms. The van der Waals surface area contributed by atoms with Gasteiger partial charge in [-0.3, -0.25) is 4.79 Å². The van der Waals surface area contributed by atoms with E-state index in [4.69, 9.17) is 5.73 Å². The quantitative estimate of drug-likeness (QED) is 0.665. The molecule has 0 atom stereocenters. The van der Waals surface area contributed by atoms with Crippen molar-refractivity contribution < 1.29 is 4.79 Å². The summed E-state index contributed by atoms with van der Waals surface area (Å²) in [5.74, 6) is 0.195. The van der Waals surface area contributed by atoms with Crippen LogP contribution >= 0.6 is 0 Å². The molecule has 0 aromatic rings. The zero-order chi connectivity index (χ0) is 9.61. The highest BCUT2D eigenvalue weighted by Crippen LogP contribution is 2.34. The summed E-state index contributed by atoms with van der Waals surface area (Å²) in [5.41, 5.74) is 5.51. The highest BCUT2D eigenvalue weighted by atomic mass is 16.1. The van der Waals surface area contributed by atoms with Gasteiger partial charge in [0.05, 0.1) is 6.54 Å². The predicted molar refractivity (Wildman–Crippen MR) is 52.0 cm³/mol. The van der Waals surface area contributed by atoms with Crippen molar-refractivity contribution in [1.82, 2.24) is 0 Å². The Balaban J connectivity index is 4.19. The van der Waals surface area contributed by atoms with E-state index in [1.165, 1.54) is 0 Å². The molecule has 2 heteroatoms. The monoisotopic (exact) mass is 171 g/mol. The smallest absolute Gasteiger partial charge is 0.146 e. The van der Waals surface area contributed by atoms with Crippen molar-refractivity contribution in [1.29, 1.82) is 0 Å². The van der Waals surface area contributed by atoms with Gasteiger partial charge in [-0.05, 0) is 5.41 Å². The van der Waals surface area contributed by atoms with Crippen molar-refractivity contribution in [3.8, 4) is 0 Å². The Morgan fingerprint density at radius 1 is 1.17 bits per heavy atom. The van der Waals surface area contributed by atoms with E-state index >= 15 is 0 Å². The van der Waals surface area contributed by atoms with Crippen molar-refractivity contribution in [2.75, 3.05) is 6.54 Å². The minimum absolute atomic E-state index is 0.195. The molecular weight excluding hydrogens is 150 g/mol. The van der Waals surface area contributed by atoms with Crippen molar-refractivity contribution in [2.45, 2.75) is 46.5 Å². The molecule has 0 aromatic carbocycles. The summed E-state index contributed by atoms with van der Waals surface area (Å²) in [6.45, 7) is 6.64. The molecule has 72 valence electrons. The third kappa shape index (κ3) is 2.94. The van der Waals surface area contributed by atoms with Crippen LogP contribution in [0, 0.1) is 5.41 Å². The Hall–Kier alpha value is -0.370. The second-order valence-corrected chi connectivity index (χ2v) is 3.48. The minimum Gasteiger partial charge on any atom is -0.324 e. The van der Waals surface area contributed by atoms with E-state index in [0.29, 0.717) is 6.42 Å². The van der Waals surface area contributed by atoms with Crippen LogP contribution in [0.3, 0.4) is 0 Å². The topological polar surface area (TPSA) is 43.1 Å². The summed E-state index contributed by atoms with van der Waals surface area (Å²) in [7, 11) is 0. The lowest BCUT2D eigenvalue weighted by atomic mass is 9.76. The molecule has 0 rings (SSSR count). The zero-order valence-corrected chi connectivity index (χ0v) is 8.52. The Morgan fingerprint density at radius 3 is 1.83 bits per heavy atom. The SMILES string of the molecule is CCC(CC)(CC)CC(=O)CN. The van der Waals surface area contributed by atoms with Gasteiger partial charge in [0.1, 0.15) is 5.78 Å². The summed E-state index contributed by atoms with van der Waals surface area (Å²) < 4.78 is 0. The fraction of sp³-hybridized carbons (Fsp3) is 0.900. The summed E-state index contributed by atoms with van der Waals surface area (Å²) >= 11 is 0. The Labute approximate surface area is 75.5 Å². The fourth-order valence-electron chi connectivity index (χ4n) is 1.62. The van der Waals surface area contributed by atoms with E-state index in [1.807, 2.05) is 0 Å². The number of hydrogen-bond donors (Lipinski definition) is 1. The van der Waals surface area contributed by atoms with E-state index < -0.39 is 0 Å². The highest BCUT2D eigenvalue weighted by molar-refractivity contribution is 5.80. The van der Waals surface area contributed by atoms with Gasteiger partial charge in [-0.2, -0.15) is 0 Å². The Kier molecular flexibility index (Phi) is 5.14. The number of nitrogens with two attached hydrogens (primary N) is 1. The van der Waals surface area contributed by atoms with Gasteiger partial charge in [0.2, 0.25) is 0 Å². The number of rotatable bonds is 6. The van der Waals surface area contributed by atoms with Gasteiger partial charge in [-0.1, -0.05) is 40.0 Å². The number of hydrogen-bond acceptors (Lipinski definition) is 2. The van der Waals surface area contributed by atoms with Crippen LogP contribution in [-0.2, 0) is 4.79 Å². The Morgan fingerprint density at radius 2 is 1.58 bits per heavy atom. The summed E-state index contributed by atoms with van der Waals surface area (Å²) in [5, 5.41) is 0. The average Bonchev–Trinajstić information content (AvgIpc) is 2.14. The highest BCUT2D eigenvalue weighted by Gasteiger charge is 2.26. The molecule has 0 aliphatic rings. The zero-order valence-electron chi connectivity index (χ0n) is 8.52. The first-order valence-corrected chi connectivity index (χ1v) is 4.86. The first-order valence-electron chi connectivity index (χ1n) is 4.86. The molecule has 0 bridgehead atoms. The van der Waals surface area contributed by atoms with Crippen LogP contribution in [0.1, 0.15) is 46.5 Å². The largest absolute Gasteiger partial charge is 0.324 e. The third-order valence-electron chi connectivity index (χ3n) is 3.05. The first kappa shape index (κ1) is 11.6. The maximum Gasteiger partial charge on any atom is 0.146 e. The summed E-state index contributed by atoms with van der Waals surface area (Å²) in [4.78, 5) is 11.2. The molecule has 0 aromatic heterocycles. The molecule has 0 heterocycles. The number of ketones is 1. The Bertz CT molecular complexity index is 131. The first-order chi connectivity index (χ1) is 5.64. The average molecular weight is 171 g/mol. The molecule has 0 aliphatic carbocycles. The van der Waals surface area contributed by atoms with Gasteiger partial charge in [-0.25, -0.2) is 0 Å².